The van der Waals surface area contributed by atoms with Gasteiger partial charge in [-0.2, -0.15) is 5.10 Å². The second-order valence-corrected chi connectivity index (χ2v) is 9.29. The lowest BCUT2D eigenvalue weighted by atomic mass is 10.1. The van der Waals surface area contributed by atoms with Gasteiger partial charge in [0.15, 0.2) is 4.96 Å². The summed E-state index contributed by atoms with van der Waals surface area (Å²) in [6, 6.07) is 6.02. The molecule has 0 atom stereocenters. The first-order valence-corrected chi connectivity index (χ1v) is 11.7. The summed E-state index contributed by atoms with van der Waals surface area (Å²) < 4.78 is 28.7. The molecule has 0 radical (unpaired) electrons. The van der Waals surface area contributed by atoms with Gasteiger partial charge < -0.3 is 5.11 Å². The number of carboxylic acid groups (broad SMARTS) is 1. The van der Waals surface area contributed by atoms with Gasteiger partial charge in [-0.3, -0.25) is 14.0 Å². The highest BCUT2D eigenvalue weighted by atomic mass is 32.2. The van der Waals surface area contributed by atoms with Gasteiger partial charge in [0.25, 0.3) is 0 Å². The molecule has 0 saturated heterocycles. The molecular formula is C19H21N5O5S2. The number of benzene rings is 1. The molecule has 0 saturated carbocycles. The van der Waals surface area contributed by atoms with Crippen molar-refractivity contribution in [1.29, 1.82) is 0 Å². The molecule has 1 aromatic carbocycles. The van der Waals surface area contributed by atoms with Crippen molar-refractivity contribution < 1.29 is 23.1 Å². The summed E-state index contributed by atoms with van der Waals surface area (Å²) in [5.74, 6) is -1.29. The average molecular weight is 464 g/mol. The monoisotopic (exact) mass is 463 g/mol. The quantitative estimate of drug-likeness (QED) is 0.237. The van der Waals surface area contributed by atoms with E-state index in [9.17, 15) is 18.0 Å². The highest BCUT2D eigenvalue weighted by Crippen LogP contribution is 2.13. The molecule has 31 heavy (non-hydrogen) atoms. The zero-order valence-corrected chi connectivity index (χ0v) is 18.2. The number of carboxylic acids is 1. The number of nitrogens with zero attached hydrogens (tertiary/aromatic N) is 3. The molecular weight excluding hydrogens is 442 g/mol. The van der Waals surface area contributed by atoms with E-state index in [0.717, 1.165) is 4.96 Å². The van der Waals surface area contributed by atoms with E-state index in [-0.39, 0.29) is 36.6 Å². The van der Waals surface area contributed by atoms with Gasteiger partial charge in [0, 0.05) is 30.7 Å². The molecule has 10 nitrogen and oxygen atoms in total. The van der Waals surface area contributed by atoms with Gasteiger partial charge in [0.05, 0.1) is 22.7 Å². The molecule has 2 aromatic heterocycles. The maximum absolute atomic E-state index is 12.2. The molecule has 0 unspecified atom stereocenters. The summed E-state index contributed by atoms with van der Waals surface area (Å²) in [4.78, 5) is 27.8. The van der Waals surface area contributed by atoms with Gasteiger partial charge in [-0.1, -0.05) is 12.1 Å². The molecule has 1 amide bonds. The van der Waals surface area contributed by atoms with Crippen LogP contribution in [0.4, 0.5) is 0 Å². The third-order valence-corrected chi connectivity index (χ3v) is 6.52. The molecule has 3 N–H and O–H groups in total. The van der Waals surface area contributed by atoms with Crippen molar-refractivity contribution in [2.24, 2.45) is 5.10 Å². The van der Waals surface area contributed by atoms with Gasteiger partial charge >= 0.3 is 5.97 Å². The van der Waals surface area contributed by atoms with E-state index in [2.05, 4.69) is 20.2 Å². The van der Waals surface area contributed by atoms with Crippen molar-refractivity contribution in [2.45, 2.75) is 31.1 Å². The third-order valence-electron chi connectivity index (χ3n) is 4.28. The largest absolute Gasteiger partial charge is 0.481 e. The zero-order chi connectivity index (χ0) is 22.4. The van der Waals surface area contributed by atoms with Crippen molar-refractivity contribution in [3.8, 4) is 0 Å². The second-order valence-electron chi connectivity index (χ2n) is 6.65. The van der Waals surface area contributed by atoms with Crippen molar-refractivity contribution in [2.75, 3.05) is 6.54 Å². The molecule has 0 aliphatic rings. The SMILES string of the molecule is CC(=NNC(=O)Cc1cn2ccsc2n1)c1ccc(S(=O)(=O)NCCCC(=O)O)cc1. The number of carbonyl (C=O) groups excluding carboxylic acids is 1. The second kappa shape index (κ2) is 9.81. The number of hydrazone groups is 1. The Balaban J connectivity index is 1.55. The minimum Gasteiger partial charge on any atom is -0.481 e. The minimum atomic E-state index is -3.73. The predicted molar refractivity (Wildman–Crippen MR) is 116 cm³/mol. The number of hydrogen-bond acceptors (Lipinski definition) is 7. The normalized spacial score (nSPS) is 12.2. The summed E-state index contributed by atoms with van der Waals surface area (Å²) in [6.45, 7) is 1.73. The van der Waals surface area contributed by atoms with Crippen LogP contribution in [0.2, 0.25) is 0 Å². The summed E-state index contributed by atoms with van der Waals surface area (Å²) >= 11 is 1.48. The Morgan fingerprint density at radius 1 is 1.26 bits per heavy atom. The first-order valence-electron chi connectivity index (χ1n) is 9.31. The molecule has 164 valence electrons. The van der Waals surface area contributed by atoms with Crippen molar-refractivity contribution >= 4 is 43.9 Å². The maximum Gasteiger partial charge on any atom is 0.303 e. The minimum absolute atomic E-state index is 0.0393. The number of rotatable bonds is 10. The number of sulfonamides is 1. The Hall–Kier alpha value is -3.09. The van der Waals surface area contributed by atoms with E-state index in [0.29, 0.717) is 17.0 Å². The topological polar surface area (TPSA) is 142 Å². The number of thiazole rings is 1. The number of aromatic nitrogens is 2. The number of nitrogens with one attached hydrogen (secondary N) is 2. The van der Waals surface area contributed by atoms with Gasteiger partial charge in [-0.25, -0.2) is 23.5 Å². The van der Waals surface area contributed by atoms with E-state index in [4.69, 9.17) is 5.11 Å². The lowest BCUT2D eigenvalue weighted by molar-refractivity contribution is -0.137. The smallest absolute Gasteiger partial charge is 0.303 e. The Labute approximate surface area is 182 Å². The molecule has 12 heteroatoms. The van der Waals surface area contributed by atoms with Crippen molar-refractivity contribution in [3.63, 3.8) is 0 Å². The van der Waals surface area contributed by atoms with E-state index in [1.54, 1.807) is 25.3 Å². The summed E-state index contributed by atoms with van der Waals surface area (Å²) in [5.41, 5.74) is 4.28. The highest BCUT2D eigenvalue weighted by Gasteiger charge is 2.14. The first-order chi connectivity index (χ1) is 14.7. The Bertz CT molecular complexity index is 1180. The lowest BCUT2D eigenvalue weighted by Crippen LogP contribution is -2.25. The predicted octanol–water partition coefficient (Wildman–Crippen LogP) is 1.62. The third kappa shape index (κ3) is 6.20. The van der Waals surface area contributed by atoms with Gasteiger partial charge in [-0.05, 0) is 31.0 Å². The maximum atomic E-state index is 12.2. The fourth-order valence-corrected chi connectivity index (χ4v) is 4.47. The number of imidazole rings is 1. The van der Waals surface area contributed by atoms with Gasteiger partial charge in [0.2, 0.25) is 15.9 Å². The number of fused-ring (bicyclic) bond motifs is 1. The van der Waals surface area contributed by atoms with E-state index in [1.807, 2.05) is 16.0 Å². The van der Waals surface area contributed by atoms with Crippen LogP contribution in [0.5, 0.6) is 0 Å². The molecule has 3 aromatic rings. The van der Waals surface area contributed by atoms with Crippen molar-refractivity contribution in [3.05, 3.63) is 53.3 Å². The molecule has 2 heterocycles. The van der Waals surface area contributed by atoms with E-state index < -0.39 is 16.0 Å². The Morgan fingerprint density at radius 2 is 2.00 bits per heavy atom. The summed E-state index contributed by atoms with van der Waals surface area (Å²) in [6.07, 6.45) is 3.84. The van der Waals surface area contributed by atoms with Crippen LogP contribution in [0.15, 0.2) is 52.0 Å². The number of carbonyl (C=O) groups is 2. The highest BCUT2D eigenvalue weighted by molar-refractivity contribution is 7.89. The van der Waals surface area contributed by atoms with E-state index >= 15 is 0 Å². The van der Waals surface area contributed by atoms with Crippen LogP contribution in [0.25, 0.3) is 4.96 Å². The molecule has 0 aliphatic heterocycles. The van der Waals surface area contributed by atoms with Crippen molar-refractivity contribution in [1.82, 2.24) is 19.5 Å². The van der Waals surface area contributed by atoms with Crippen LogP contribution >= 0.6 is 11.3 Å². The van der Waals surface area contributed by atoms with Gasteiger partial charge in [-0.15, -0.1) is 11.3 Å². The first kappa shape index (κ1) is 22.6. The molecule has 0 spiro atoms. The molecule has 0 bridgehead atoms. The lowest BCUT2D eigenvalue weighted by Gasteiger charge is -2.07. The number of hydrogen-bond donors (Lipinski definition) is 3. The molecule has 0 fully saturated rings. The Kier molecular flexibility index (Phi) is 7.15. The summed E-state index contributed by atoms with van der Waals surface area (Å²) in [7, 11) is -3.73. The fourth-order valence-electron chi connectivity index (χ4n) is 2.68. The van der Waals surface area contributed by atoms with Crippen LogP contribution in [0, 0.1) is 0 Å². The van der Waals surface area contributed by atoms with Crippen LogP contribution in [-0.4, -0.2) is 47.0 Å². The molecule has 3 rings (SSSR count). The Morgan fingerprint density at radius 3 is 2.68 bits per heavy atom. The van der Waals surface area contributed by atoms with Crippen LogP contribution in [0.1, 0.15) is 31.0 Å². The zero-order valence-electron chi connectivity index (χ0n) is 16.6. The van der Waals surface area contributed by atoms with Gasteiger partial charge in [0.1, 0.15) is 0 Å². The number of amides is 1. The van der Waals surface area contributed by atoms with E-state index in [1.165, 1.54) is 23.5 Å². The standard InChI is InChI=1S/C19H21N5O5S2/c1-13(22-23-17(25)11-15-12-24-9-10-30-19(24)21-15)14-4-6-16(7-5-14)31(28,29)20-8-2-3-18(26)27/h4-7,9-10,12,20H,2-3,8,11H2,1H3,(H,23,25)(H,26,27). The van der Waals surface area contributed by atoms with Crippen LogP contribution in [0.3, 0.4) is 0 Å². The molecule has 0 aliphatic carbocycles. The van der Waals surface area contributed by atoms with Crippen LogP contribution < -0.4 is 10.1 Å². The number of aliphatic carboxylic acids is 1. The van der Waals surface area contributed by atoms with Crippen LogP contribution in [-0.2, 0) is 26.0 Å². The fraction of sp³-hybridized carbons (Fsp3) is 0.263. The average Bonchev–Trinajstić information content (AvgIpc) is 3.31. The summed E-state index contributed by atoms with van der Waals surface area (Å²) in [5, 5.41) is 14.6.